The average Bonchev–Trinajstić information content (AvgIpc) is 3.47. The Morgan fingerprint density at radius 1 is 1.12 bits per heavy atom. The van der Waals surface area contributed by atoms with Gasteiger partial charge >= 0.3 is 6.18 Å². The van der Waals surface area contributed by atoms with Crippen LogP contribution >= 0.6 is 0 Å². The van der Waals surface area contributed by atoms with Gasteiger partial charge in [-0.1, -0.05) is 54.5 Å². The number of benzene rings is 2. The van der Waals surface area contributed by atoms with E-state index in [1.54, 1.807) is 30.3 Å². The molecule has 1 unspecified atom stereocenters. The van der Waals surface area contributed by atoms with Gasteiger partial charge in [-0.25, -0.2) is 4.68 Å². The highest BCUT2D eigenvalue weighted by atomic mass is 19.4. The summed E-state index contributed by atoms with van der Waals surface area (Å²) in [6, 6.07) is 14.1. The fraction of sp³-hybridized carbons (Fsp3) is 0.217. The maximum Gasteiger partial charge on any atom is 0.434 e. The second-order valence-electron chi connectivity index (χ2n) is 7.32. The summed E-state index contributed by atoms with van der Waals surface area (Å²) in [5.74, 6) is -0.560. The lowest BCUT2D eigenvalue weighted by Gasteiger charge is -2.11. The van der Waals surface area contributed by atoms with Crippen LogP contribution in [0.25, 0.3) is 28.5 Å². The summed E-state index contributed by atoms with van der Waals surface area (Å²) in [7, 11) is 0. The number of aliphatic hydroxyl groups is 1. The molecule has 0 spiro atoms. The van der Waals surface area contributed by atoms with E-state index in [-0.39, 0.29) is 35.2 Å². The number of para-hydroxylation sites is 1. The second kappa shape index (κ2) is 8.99. The molecule has 0 saturated heterocycles. The lowest BCUT2D eigenvalue weighted by Crippen LogP contribution is -2.14. The molecule has 10 heteroatoms. The first-order chi connectivity index (χ1) is 15.8. The predicted octanol–water partition coefficient (Wildman–Crippen LogP) is 5.01. The van der Waals surface area contributed by atoms with Crippen molar-refractivity contribution in [2.45, 2.75) is 32.0 Å². The number of Topliss-reactive ketones (excluding diaryl/α,β-unsaturated/α-hetero) is 1. The molecule has 0 aliphatic carbocycles. The molecule has 7 nitrogen and oxygen atoms in total. The first kappa shape index (κ1) is 22.4. The highest BCUT2D eigenvalue weighted by Gasteiger charge is 2.40. The summed E-state index contributed by atoms with van der Waals surface area (Å²) < 4.78 is 47.5. The van der Waals surface area contributed by atoms with E-state index in [1.807, 2.05) is 6.92 Å². The minimum Gasteiger partial charge on any atom is -0.381 e. The first-order valence-corrected chi connectivity index (χ1v) is 10.2. The Morgan fingerprint density at radius 2 is 1.82 bits per heavy atom. The number of ketones is 1. The number of hydrogen-bond acceptors (Lipinski definition) is 6. The zero-order valence-electron chi connectivity index (χ0n) is 17.5. The predicted molar refractivity (Wildman–Crippen MR) is 112 cm³/mol. The third-order valence-corrected chi connectivity index (χ3v) is 4.98. The number of rotatable bonds is 7. The van der Waals surface area contributed by atoms with Gasteiger partial charge in [0.1, 0.15) is 6.10 Å². The molecule has 0 aliphatic heterocycles. The Hall–Kier alpha value is -3.79. The van der Waals surface area contributed by atoms with E-state index in [9.17, 15) is 23.1 Å². The van der Waals surface area contributed by atoms with Crippen LogP contribution in [0, 0.1) is 0 Å². The van der Waals surface area contributed by atoms with E-state index in [0.717, 1.165) is 10.9 Å². The summed E-state index contributed by atoms with van der Waals surface area (Å²) in [5, 5.41) is 17.8. The Labute approximate surface area is 186 Å². The highest BCUT2D eigenvalue weighted by Crippen LogP contribution is 2.38. The van der Waals surface area contributed by atoms with Gasteiger partial charge < -0.3 is 9.63 Å². The van der Waals surface area contributed by atoms with E-state index >= 15 is 0 Å². The molecular weight excluding hydrogens is 437 g/mol. The average molecular weight is 456 g/mol. The zero-order valence-corrected chi connectivity index (χ0v) is 17.5. The molecule has 4 aromatic rings. The van der Waals surface area contributed by atoms with Gasteiger partial charge in [-0.05, 0) is 24.1 Å². The number of aliphatic hydroxyl groups excluding tert-OH is 1. The molecule has 33 heavy (non-hydrogen) atoms. The van der Waals surface area contributed by atoms with Crippen molar-refractivity contribution in [1.82, 2.24) is 19.9 Å². The van der Waals surface area contributed by atoms with E-state index in [4.69, 9.17) is 4.52 Å². The molecule has 170 valence electrons. The van der Waals surface area contributed by atoms with Crippen LogP contribution in [0.2, 0.25) is 0 Å². The molecule has 0 fully saturated rings. The first-order valence-electron chi connectivity index (χ1n) is 10.2. The van der Waals surface area contributed by atoms with Crippen molar-refractivity contribution in [3.8, 4) is 28.5 Å². The SMILES string of the molecule is CCCC(=O)C(O)c1ccc(-c2noc(-c3cnn(-c4ccccc4)c3C(F)(F)F)n2)cc1. The van der Waals surface area contributed by atoms with E-state index in [1.165, 1.54) is 24.3 Å². The van der Waals surface area contributed by atoms with Crippen molar-refractivity contribution in [3.63, 3.8) is 0 Å². The van der Waals surface area contributed by atoms with Gasteiger partial charge in [0.15, 0.2) is 11.5 Å². The third kappa shape index (κ3) is 4.56. The number of aromatic nitrogens is 4. The maximum absolute atomic E-state index is 13.9. The number of alkyl halides is 3. The lowest BCUT2D eigenvalue weighted by atomic mass is 10.0. The molecule has 1 N–H and O–H groups in total. The van der Waals surface area contributed by atoms with Gasteiger partial charge in [0, 0.05) is 12.0 Å². The van der Waals surface area contributed by atoms with Gasteiger partial charge in [0.25, 0.3) is 5.89 Å². The number of carbonyl (C=O) groups is 1. The third-order valence-electron chi connectivity index (χ3n) is 4.98. The van der Waals surface area contributed by atoms with Crippen LogP contribution in [-0.4, -0.2) is 30.8 Å². The molecule has 4 rings (SSSR count). The Balaban J connectivity index is 1.66. The summed E-state index contributed by atoms with van der Waals surface area (Å²) in [6.07, 6.45) is -4.04. The number of carbonyl (C=O) groups excluding carboxylic acids is 1. The summed E-state index contributed by atoms with van der Waals surface area (Å²) >= 11 is 0. The van der Waals surface area contributed by atoms with E-state index in [2.05, 4.69) is 15.2 Å². The summed E-state index contributed by atoms with van der Waals surface area (Å²) in [4.78, 5) is 16.0. The Kier molecular flexibility index (Phi) is 6.10. The van der Waals surface area contributed by atoms with Gasteiger partial charge in [-0.3, -0.25) is 4.79 Å². The summed E-state index contributed by atoms with van der Waals surface area (Å²) in [6.45, 7) is 1.84. The van der Waals surface area contributed by atoms with Crippen LogP contribution in [0.3, 0.4) is 0 Å². The normalized spacial score (nSPS) is 12.6. The van der Waals surface area contributed by atoms with Crippen molar-refractivity contribution in [3.05, 3.63) is 72.1 Å². The van der Waals surface area contributed by atoms with Crippen molar-refractivity contribution >= 4 is 5.78 Å². The highest BCUT2D eigenvalue weighted by molar-refractivity contribution is 5.84. The standard InChI is InChI=1S/C23H19F3N4O3/c1-2-6-18(31)19(32)14-9-11-15(12-10-14)21-28-22(33-29-21)17-13-27-30(20(17)23(24,25)26)16-7-4-3-5-8-16/h3-5,7-13,19,32H,2,6H2,1H3. The van der Waals surface area contributed by atoms with Crippen molar-refractivity contribution in [2.24, 2.45) is 0 Å². The minimum absolute atomic E-state index is 0.0616. The van der Waals surface area contributed by atoms with Crippen LogP contribution in [0.15, 0.2) is 65.3 Å². The monoisotopic (exact) mass is 456 g/mol. The van der Waals surface area contributed by atoms with Gasteiger partial charge in [-0.15, -0.1) is 0 Å². The largest absolute Gasteiger partial charge is 0.434 e. The fourth-order valence-electron chi connectivity index (χ4n) is 3.38. The Bertz CT molecular complexity index is 1250. The molecule has 0 aliphatic rings. The quantitative estimate of drug-likeness (QED) is 0.420. The number of nitrogens with zero attached hydrogens (tertiary/aromatic N) is 4. The summed E-state index contributed by atoms with van der Waals surface area (Å²) in [5.41, 5.74) is -0.279. The van der Waals surface area contributed by atoms with Crippen molar-refractivity contribution in [1.29, 1.82) is 0 Å². The zero-order chi connectivity index (χ0) is 23.6. The van der Waals surface area contributed by atoms with E-state index in [0.29, 0.717) is 17.5 Å². The van der Waals surface area contributed by atoms with Crippen LogP contribution in [0.1, 0.15) is 37.1 Å². The van der Waals surface area contributed by atoms with Crippen molar-refractivity contribution in [2.75, 3.05) is 0 Å². The van der Waals surface area contributed by atoms with Crippen LogP contribution in [0.4, 0.5) is 13.2 Å². The van der Waals surface area contributed by atoms with Crippen LogP contribution in [0.5, 0.6) is 0 Å². The topological polar surface area (TPSA) is 94.0 Å². The molecule has 0 radical (unpaired) electrons. The lowest BCUT2D eigenvalue weighted by molar-refractivity contribution is -0.142. The van der Waals surface area contributed by atoms with Gasteiger partial charge in [0.05, 0.1) is 17.4 Å². The smallest absolute Gasteiger partial charge is 0.381 e. The molecule has 1 atom stereocenters. The molecular formula is C23H19F3N4O3. The molecule has 2 aromatic carbocycles. The van der Waals surface area contributed by atoms with Crippen LogP contribution in [-0.2, 0) is 11.0 Å². The fourth-order valence-corrected chi connectivity index (χ4v) is 3.38. The number of hydrogen-bond donors (Lipinski definition) is 1. The van der Waals surface area contributed by atoms with Crippen LogP contribution < -0.4 is 0 Å². The van der Waals surface area contributed by atoms with E-state index < -0.39 is 18.0 Å². The molecule has 2 aromatic heterocycles. The van der Waals surface area contributed by atoms with Crippen molar-refractivity contribution < 1.29 is 27.6 Å². The molecule has 0 saturated carbocycles. The van der Waals surface area contributed by atoms with Gasteiger partial charge in [-0.2, -0.15) is 23.3 Å². The Morgan fingerprint density at radius 3 is 2.45 bits per heavy atom. The number of halogens is 3. The molecule has 0 amide bonds. The second-order valence-corrected chi connectivity index (χ2v) is 7.32. The maximum atomic E-state index is 13.9. The van der Waals surface area contributed by atoms with Gasteiger partial charge in [0.2, 0.25) is 5.82 Å². The minimum atomic E-state index is -4.72. The molecule has 0 bridgehead atoms. The molecule has 2 heterocycles.